The summed E-state index contributed by atoms with van der Waals surface area (Å²) in [7, 11) is 0. The Hall–Kier alpha value is -0.570. The van der Waals surface area contributed by atoms with E-state index >= 15 is 0 Å². The fourth-order valence-corrected chi connectivity index (χ4v) is 1.05. The normalized spacial score (nSPS) is 10.2. The highest BCUT2D eigenvalue weighted by Crippen LogP contribution is 2.15. The van der Waals surface area contributed by atoms with Gasteiger partial charge in [-0.3, -0.25) is 0 Å². The quantitative estimate of drug-likeness (QED) is 0.622. The van der Waals surface area contributed by atoms with Crippen molar-refractivity contribution in [2.45, 2.75) is 12.7 Å². The fraction of sp³-hybridized carbons (Fsp3) is 0.250. The van der Waals surface area contributed by atoms with Crippen molar-refractivity contribution in [1.82, 2.24) is 0 Å². The van der Waals surface area contributed by atoms with Crippen LogP contribution in [0.15, 0.2) is 12.1 Å². The molecule has 60 valence electrons. The maximum Gasteiger partial charge on any atom is 0.127 e. The maximum atomic E-state index is 12.8. The van der Waals surface area contributed by atoms with Gasteiger partial charge in [0.25, 0.3) is 0 Å². The third-order valence-corrected chi connectivity index (χ3v) is 1.84. The molecule has 0 aromatic heterocycles. The van der Waals surface area contributed by atoms with Crippen molar-refractivity contribution in [2.75, 3.05) is 0 Å². The summed E-state index contributed by atoms with van der Waals surface area (Å²) in [6.07, 6.45) is 0. The highest BCUT2D eigenvalue weighted by molar-refractivity contribution is 7.79. The molecular weight excluding hydrogens is 166 g/mol. The van der Waals surface area contributed by atoms with Crippen LogP contribution in [-0.2, 0) is 5.75 Å². The minimum absolute atomic E-state index is 0.225. The van der Waals surface area contributed by atoms with Crippen LogP contribution in [0, 0.1) is 18.6 Å². The Kier molecular flexibility index (Phi) is 2.49. The molecule has 0 aliphatic carbocycles. The maximum absolute atomic E-state index is 12.8. The van der Waals surface area contributed by atoms with Crippen LogP contribution in [0.25, 0.3) is 0 Å². The Balaban J connectivity index is 3.21. The van der Waals surface area contributed by atoms with E-state index in [0.29, 0.717) is 11.1 Å². The molecule has 0 nitrogen and oxygen atoms in total. The molecule has 3 heteroatoms. The molecule has 0 N–H and O–H groups in total. The Morgan fingerprint density at radius 1 is 1.27 bits per heavy atom. The van der Waals surface area contributed by atoms with Gasteiger partial charge in [-0.2, -0.15) is 12.6 Å². The zero-order valence-corrected chi connectivity index (χ0v) is 6.96. The van der Waals surface area contributed by atoms with E-state index in [-0.39, 0.29) is 17.4 Å². The van der Waals surface area contributed by atoms with Gasteiger partial charge in [0.05, 0.1) is 0 Å². The number of hydrogen-bond donors (Lipinski definition) is 1. The van der Waals surface area contributed by atoms with Crippen molar-refractivity contribution in [3.8, 4) is 0 Å². The summed E-state index contributed by atoms with van der Waals surface area (Å²) >= 11 is 3.85. The van der Waals surface area contributed by atoms with Crippen molar-refractivity contribution in [1.29, 1.82) is 0 Å². The minimum Gasteiger partial charge on any atom is -0.207 e. The molecule has 0 aliphatic rings. The van der Waals surface area contributed by atoms with Crippen molar-refractivity contribution in [3.63, 3.8) is 0 Å². The lowest BCUT2D eigenvalue weighted by molar-refractivity contribution is 0.584. The third-order valence-electron chi connectivity index (χ3n) is 1.50. The smallest absolute Gasteiger partial charge is 0.127 e. The monoisotopic (exact) mass is 174 g/mol. The van der Waals surface area contributed by atoms with Crippen molar-refractivity contribution < 1.29 is 8.78 Å². The first-order chi connectivity index (χ1) is 5.15. The molecule has 0 saturated carbocycles. The molecule has 0 saturated heterocycles. The van der Waals surface area contributed by atoms with E-state index in [9.17, 15) is 8.78 Å². The van der Waals surface area contributed by atoms with Gasteiger partial charge in [-0.05, 0) is 24.6 Å². The lowest BCUT2D eigenvalue weighted by atomic mass is 10.1. The zero-order chi connectivity index (χ0) is 8.43. The molecule has 0 aliphatic heterocycles. The summed E-state index contributed by atoms with van der Waals surface area (Å²) in [5.74, 6) is -0.544. The number of halogens is 2. The van der Waals surface area contributed by atoms with E-state index in [1.165, 1.54) is 19.1 Å². The summed E-state index contributed by atoms with van der Waals surface area (Å²) in [5, 5.41) is 0. The molecule has 0 radical (unpaired) electrons. The summed E-state index contributed by atoms with van der Waals surface area (Å²) in [5.41, 5.74) is 0.629. The van der Waals surface area contributed by atoms with Crippen LogP contribution in [0.4, 0.5) is 8.78 Å². The Bertz CT molecular complexity index is 271. The predicted molar refractivity (Wildman–Crippen MR) is 43.8 cm³/mol. The number of hydrogen-bond acceptors (Lipinski definition) is 1. The zero-order valence-electron chi connectivity index (χ0n) is 6.06. The van der Waals surface area contributed by atoms with Gasteiger partial charge in [0.1, 0.15) is 11.6 Å². The first kappa shape index (κ1) is 8.53. The molecule has 1 aromatic carbocycles. The Morgan fingerprint density at radius 3 is 2.45 bits per heavy atom. The first-order valence-corrected chi connectivity index (χ1v) is 3.83. The molecule has 0 spiro atoms. The van der Waals surface area contributed by atoms with Gasteiger partial charge in [0.15, 0.2) is 0 Å². The molecule has 0 heterocycles. The second-order valence-corrected chi connectivity index (χ2v) is 2.67. The summed E-state index contributed by atoms with van der Waals surface area (Å²) in [6.45, 7) is 1.53. The lowest BCUT2D eigenvalue weighted by Gasteiger charge is -2.01. The average Bonchev–Trinajstić information content (AvgIpc) is 1.97. The molecule has 0 unspecified atom stereocenters. The predicted octanol–water partition coefficient (Wildman–Crippen LogP) is 2.70. The highest BCUT2D eigenvalue weighted by atomic mass is 32.1. The summed E-state index contributed by atoms with van der Waals surface area (Å²) in [6, 6.07) is 2.36. The van der Waals surface area contributed by atoms with Gasteiger partial charge in [0.2, 0.25) is 0 Å². The van der Waals surface area contributed by atoms with E-state index in [1.807, 2.05) is 0 Å². The van der Waals surface area contributed by atoms with Gasteiger partial charge in [-0.25, -0.2) is 8.78 Å². The topological polar surface area (TPSA) is 0 Å². The van der Waals surface area contributed by atoms with E-state index in [0.717, 1.165) is 0 Å². The molecular formula is C8H8F2S. The molecule has 0 bridgehead atoms. The van der Waals surface area contributed by atoms with Gasteiger partial charge in [-0.15, -0.1) is 0 Å². The molecule has 11 heavy (non-hydrogen) atoms. The Labute approximate surface area is 69.6 Å². The second-order valence-electron chi connectivity index (χ2n) is 2.35. The van der Waals surface area contributed by atoms with Crippen LogP contribution in [0.3, 0.4) is 0 Å². The third kappa shape index (κ3) is 1.71. The van der Waals surface area contributed by atoms with Crippen LogP contribution in [0.5, 0.6) is 0 Å². The average molecular weight is 174 g/mol. The van der Waals surface area contributed by atoms with Gasteiger partial charge < -0.3 is 0 Å². The SMILES string of the molecule is Cc1cc(F)c(CS)cc1F. The van der Waals surface area contributed by atoms with Gasteiger partial charge >= 0.3 is 0 Å². The standard InChI is InChI=1S/C8H8F2S/c1-5-2-8(10)6(4-11)3-7(5)9/h2-3,11H,4H2,1H3. The Morgan fingerprint density at radius 2 is 1.91 bits per heavy atom. The van der Waals surface area contributed by atoms with Crippen LogP contribution in [0.1, 0.15) is 11.1 Å². The lowest BCUT2D eigenvalue weighted by Crippen LogP contribution is -1.91. The van der Waals surface area contributed by atoms with Crippen LogP contribution in [-0.4, -0.2) is 0 Å². The number of rotatable bonds is 1. The van der Waals surface area contributed by atoms with E-state index < -0.39 is 0 Å². The van der Waals surface area contributed by atoms with Crippen molar-refractivity contribution >= 4 is 12.6 Å². The molecule has 1 aromatic rings. The van der Waals surface area contributed by atoms with E-state index in [1.54, 1.807) is 0 Å². The van der Waals surface area contributed by atoms with Gasteiger partial charge in [-0.1, -0.05) is 0 Å². The molecule has 0 atom stereocenters. The van der Waals surface area contributed by atoms with Crippen molar-refractivity contribution in [3.05, 3.63) is 34.9 Å². The number of aryl methyl sites for hydroxylation is 1. The minimum atomic E-state index is -0.390. The molecule has 0 amide bonds. The second kappa shape index (κ2) is 3.22. The van der Waals surface area contributed by atoms with Crippen LogP contribution in [0.2, 0.25) is 0 Å². The highest BCUT2D eigenvalue weighted by Gasteiger charge is 2.04. The van der Waals surface area contributed by atoms with E-state index in [4.69, 9.17) is 0 Å². The van der Waals surface area contributed by atoms with Crippen molar-refractivity contribution in [2.24, 2.45) is 0 Å². The fourth-order valence-electron chi connectivity index (χ4n) is 0.809. The van der Waals surface area contributed by atoms with Crippen LogP contribution >= 0.6 is 12.6 Å². The summed E-state index contributed by atoms with van der Waals surface area (Å²) < 4.78 is 25.6. The molecule has 1 rings (SSSR count). The number of benzene rings is 1. The van der Waals surface area contributed by atoms with Gasteiger partial charge in [0, 0.05) is 11.3 Å². The molecule has 0 fully saturated rings. The largest absolute Gasteiger partial charge is 0.207 e. The number of thiol groups is 1. The van der Waals surface area contributed by atoms with E-state index in [2.05, 4.69) is 12.6 Å². The first-order valence-electron chi connectivity index (χ1n) is 3.20. The van der Waals surface area contributed by atoms with Crippen LogP contribution < -0.4 is 0 Å². The summed E-state index contributed by atoms with van der Waals surface area (Å²) in [4.78, 5) is 0.